The number of pyridine rings is 1. The first-order valence-electron chi connectivity index (χ1n) is 6.94. The minimum Gasteiger partial charge on any atom is -0.399 e. The molecule has 0 bridgehead atoms. The fraction of sp³-hybridized carbons (Fsp3) is 0.250. The van der Waals surface area contributed by atoms with Crippen molar-refractivity contribution in [3.05, 3.63) is 59.2 Å². The molecule has 4 nitrogen and oxygen atoms in total. The fourth-order valence-electron chi connectivity index (χ4n) is 2.73. The first kappa shape index (κ1) is 16.2. The molecule has 1 aliphatic rings. The van der Waals surface area contributed by atoms with E-state index >= 15 is 0 Å². The number of hydrogen-bond donors (Lipinski definition) is 2. The summed E-state index contributed by atoms with van der Waals surface area (Å²) in [4.78, 5) is 16.0. The molecular formula is C16H17ClFN3O. The number of aryl methyl sites for hydroxylation is 1. The van der Waals surface area contributed by atoms with Crippen molar-refractivity contribution in [3.8, 4) is 0 Å². The lowest BCUT2D eigenvalue weighted by molar-refractivity contribution is 0.0927. The molecule has 0 spiro atoms. The van der Waals surface area contributed by atoms with Crippen molar-refractivity contribution in [2.45, 2.75) is 25.3 Å². The molecule has 1 aromatic carbocycles. The zero-order valence-electron chi connectivity index (χ0n) is 11.9. The van der Waals surface area contributed by atoms with Crippen LogP contribution in [0.5, 0.6) is 0 Å². The highest BCUT2D eigenvalue weighted by molar-refractivity contribution is 5.92. The van der Waals surface area contributed by atoms with Crippen LogP contribution < -0.4 is 11.1 Å². The van der Waals surface area contributed by atoms with Gasteiger partial charge in [-0.2, -0.15) is 0 Å². The summed E-state index contributed by atoms with van der Waals surface area (Å²) in [6.07, 6.45) is 3.90. The van der Waals surface area contributed by atoms with Crippen LogP contribution in [0.1, 0.15) is 40.5 Å². The summed E-state index contributed by atoms with van der Waals surface area (Å²) < 4.78 is 12.8. The number of nitrogens with zero attached hydrogens (tertiary/aromatic N) is 1. The first-order valence-corrected chi connectivity index (χ1v) is 6.94. The van der Waals surface area contributed by atoms with Crippen molar-refractivity contribution >= 4 is 24.0 Å². The van der Waals surface area contributed by atoms with Gasteiger partial charge in [-0.15, -0.1) is 12.4 Å². The average Bonchev–Trinajstić information content (AvgIpc) is 2.47. The third kappa shape index (κ3) is 3.36. The lowest BCUT2D eigenvalue weighted by Gasteiger charge is -2.26. The second-order valence-corrected chi connectivity index (χ2v) is 5.24. The van der Waals surface area contributed by atoms with E-state index in [1.54, 1.807) is 0 Å². The summed E-state index contributed by atoms with van der Waals surface area (Å²) in [6.45, 7) is 0. The van der Waals surface area contributed by atoms with Gasteiger partial charge in [0.15, 0.2) is 0 Å². The molecule has 2 aromatic rings. The Morgan fingerprint density at radius 3 is 2.86 bits per heavy atom. The van der Waals surface area contributed by atoms with Gasteiger partial charge in [0.1, 0.15) is 11.5 Å². The van der Waals surface area contributed by atoms with Gasteiger partial charge >= 0.3 is 0 Å². The number of amides is 1. The van der Waals surface area contributed by atoms with Gasteiger partial charge in [-0.05, 0) is 54.7 Å². The number of nitrogens with two attached hydrogens (primary N) is 1. The number of hydrogen-bond acceptors (Lipinski definition) is 3. The first-order chi connectivity index (χ1) is 10.1. The highest BCUT2D eigenvalue weighted by Gasteiger charge is 2.22. The van der Waals surface area contributed by atoms with E-state index in [1.807, 2.05) is 18.2 Å². The molecule has 0 aliphatic heterocycles. The molecule has 1 unspecified atom stereocenters. The molecule has 1 amide bonds. The van der Waals surface area contributed by atoms with Gasteiger partial charge in [-0.3, -0.25) is 4.79 Å². The molecule has 3 N–H and O–H groups in total. The Kier molecular flexibility index (Phi) is 4.98. The topological polar surface area (TPSA) is 68.0 Å². The van der Waals surface area contributed by atoms with E-state index in [2.05, 4.69) is 10.3 Å². The zero-order chi connectivity index (χ0) is 14.8. The third-order valence-corrected chi connectivity index (χ3v) is 3.75. The number of carbonyl (C=O) groups excluding carboxylic acids is 1. The number of nitrogens with one attached hydrogen (secondary N) is 1. The molecule has 1 aliphatic carbocycles. The number of carbonyl (C=O) groups is 1. The molecule has 1 heterocycles. The zero-order valence-corrected chi connectivity index (χ0v) is 12.7. The van der Waals surface area contributed by atoms with E-state index in [-0.39, 0.29) is 30.0 Å². The summed E-state index contributed by atoms with van der Waals surface area (Å²) in [5, 5.41) is 2.97. The summed E-state index contributed by atoms with van der Waals surface area (Å²) in [7, 11) is 0. The van der Waals surface area contributed by atoms with Gasteiger partial charge in [0.25, 0.3) is 5.91 Å². The van der Waals surface area contributed by atoms with Gasteiger partial charge in [0.2, 0.25) is 0 Å². The predicted molar refractivity (Wildman–Crippen MR) is 85.4 cm³/mol. The van der Waals surface area contributed by atoms with Gasteiger partial charge in [0, 0.05) is 5.69 Å². The van der Waals surface area contributed by atoms with E-state index in [1.165, 1.54) is 17.7 Å². The number of benzene rings is 1. The van der Waals surface area contributed by atoms with Crippen molar-refractivity contribution in [2.24, 2.45) is 0 Å². The maximum Gasteiger partial charge on any atom is 0.270 e. The van der Waals surface area contributed by atoms with Crippen molar-refractivity contribution in [2.75, 3.05) is 5.73 Å². The number of anilines is 1. The maximum atomic E-state index is 12.8. The molecular weight excluding hydrogens is 305 g/mol. The monoisotopic (exact) mass is 321 g/mol. The third-order valence-electron chi connectivity index (χ3n) is 3.75. The Morgan fingerprint density at radius 1 is 1.32 bits per heavy atom. The highest BCUT2D eigenvalue weighted by atomic mass is 35.5. The van der Waals surface area contributed by atoms with Crippen LogP contribution in [0.3, 0.4) is 0 Å². The minimum atomic E-state index is -0.454. The standard InChI is InChI=1S/C16H16FN3O.ClH/c17-11-4-7-15(19-9-11)16(21)20-14-3-1-2-10-8-12(18)5-6-13(10)14;/h4-9,14H,1-3,18H2,(H,20,21);1H. The molecule has 6 heteroatoms. The van der Waals surface area contributed by atoms with E-state index in [4.69, 9.17) is 5.73 Å². The predicted octanol–water partition coefficient (Wildman–Crippen LogP) is 3.03. The molecule has 1 aromatic heterocycles. The highest BCUT2D eigenvalue weighted by Crippen LogP contribution is 2.31. The quantitative estimate of drug-likeness (QED) is 0.835. The fourth-order valence-corrected chi connectivity index (χ4v) is 2.73. The molecule has 0 saturated heterocycles. The number of fused-ring (bicyclic) bond motifs is 1. The summed E-state index contributed by atoms with van der Waals surface area (Å²) >= 11 is 0. The van der Waals surface area contributed by atoms with Crippen LogP contribution in [0.25, 0.3) is 0 Å². The molecule has 0 saturated carbocycles. The minimum absolute atomic E-state index is 0. The summed E-state index contributed by atoms with van der Waals surface area (Å²) in [6, 6.07) is 8.35. The molecule has 1 atom stereocenters. The number of rotatable bonds is 2. The maximum absolute atomic E-state index is 12.8. The van der Waals surface area contributed by atoms with E-state index < -0.39 is 5.82 Å². The number of nitrogen functional groups attached to an aromatic ring is 1. The van der Waals surface area contributed by atoms with E-state index in [0.29, 0.717) is 0 Å². The molecule has 3 rings (SSSR count). The Morgan fingerprint density at radius 2 is 2.14 bits per heavy atom. The lowest BCUT2D eigenvalue weighted by atomic mass is 9.87. The van der Waals surface area contributed by atoms with Crippen LogP contribution in [0.4, 0.5) is 10.1 Å². The molecule has 116 valence electrons. The Hall–Kier alpha value is -2.14. The summed E-state index contributed by atoms with van der Waals surface area (Å²) in [5.74, 6) is -0.741. The van der Waals surface area contributed by atoms with Gasteiger partial charge in [-0.25, -0.2) is 9.37 Å². The second-order valence-electron chi connectivity index (χ2n) is 5.24. The van der Waals surface area contributed by atoms with Crippen LogP contribution >= 0.6 is 12.4 Å². The van der Waals surface area contributed by atoms with Crippen molar-refractivity contribution in [3.63, 3.8) is 0 Å². The van der Waals surface area contributed by atoms with E-state index in [9.17, 15) is 9.18 Å². The molecule has 22 heavy (non-hydrogen) atoms. The molecule has 0 radical (unpaired) electrons. The largest absolute Gasteiger partial charge is 0.399 e. The Bertz CT molecular complexity index is 676. The Labute approximate surface area is 134 Å². The van der Waals surface area contributed by atoms with Gasteiger partial charge in [0.05, 0.1) is 12.2 Å². The lowest BCUT2D eigenvalue weighted by Crippen LogP contribution is -2.31. The Balaban J connectivity index is 0.00000176. The SMILES string of the molecule is Cl.Nc1ccc2c(c1)CCCC2NC(=O)c1ccc(F)cn1. The van der Waals surface area contributed by atoms with Crippen molar-refractivity contribution < 1.29 is 9.18 Å². The number of aromatic nitrogens is 1. The van der Waals surface area contributed by atoms with Crippen LogP contribution in [-0.2, 0) is 6.42 Å². The smallest absolute Gasteiger partial charge is 0.270 e. The van der Waals surface area contributed by atoms with Crippen LogP contribution in [-0.4, -0.2) is 10.9 Å². The normalized spacial score (nSPS) is 16.3. The van der Waals surface area contributed by atoms with Gasteiger partial charge < -0.3 is 11.1 Å². The number of halogens is 2. The van der Waals surface area contributed by atoms with Crippen molar-refractivity contribution in [1.29, 1.82) is 0 Å². The van der Waals surface area contributed by atoms with E-state index in [0.717, 1.165) is 36.7 Å². The van der Waals surface area contributed by atoms with Crippen LogP contribution in [0.15, 0.2) is 36.5 Å². The average molecular weight is 322 g/mol. The van der Waals surface area contributed by atoms with Gasteiger partial charge in [-0.1, -0.05) is 6.07 Å². The second kappa shape index (κ2) is 6.75. The van der Waals surface area contributed by atoms with Crippen LogP contribution in [0.2, 0.25) is 0 Å². The molecule has 0 fully saturated rings. The van der Waals surface area contributed by atoms with Crippen LogP contribution in [0, 0.1) is 5.82 Å². The summed E-state index contributed by atoms with van der Waals surface area (Å²) in [5.41, 5.74) is 9.04. The van der Waals surface area contributed by atoms with Crippen molar-refractivity contribution in [1.82, 2.24) is 10.3 Å².